The van der Waals surface area contributed by atoms with E-state index in [4.69, 9.17) is 9.47 Å². The van der Waals surface area contributed by atoms with Crippen LogP contribution in [0, 0.1) is 0 Å². The van der Waals surface area contributed by atoms with Crippen molar-refractivity contribution in [2.24, 2.45) is 0 Å². The molecule has 2 heterocycles. The number of para-hydroxylation sites is 2. The van der Waals surface area contributed by atoms with Gasteiger partial charge in [0.25, 0.3) is 0 Å². The zero-order chi connectivity index (χ0) is 18.9. The van der Waals surface area contributed by atoms with Crippen LogP contribution in [0.4, 0.5) is 5.82 Å². The lowest BCUT2D eigenvalue weighted by atomic mass is 10.3. The van der Waals surface area contributed by atoms with Crippen LogP contribution in [0.1, 0.15) is 24.6 Å². The van der Waals surface area contributed by atoms with Crippen molar-refractivity contribution in [2.45, 2.75) is 26.3 Å². The number of nitrogens with one attached hydrogen (secondary N) is 1. The van der Waals surface area contributed by atoms with E-state index < -0.39 is 0 Å². The summed E-state index contributed by atoms with van der Waals surface area (Å²) in [5.74, 6) is 2.08. The Morgan fingerprint density at radius 2 is 1.96 bits per heavy atom. The molecular formula is C20H23N3O3S. The molecule has 3 aromatic rings. The van der Waals surface area contributed by atoms with Gasteiger partial charge in [-0.1, -0.05) is 18.2 Å². The number of carbonyl (C=O) groups is 1. The van der Waals surface area contributed by atoms with Gasteiger partial charge in [-0.25, -0.2) is 4.68 Å². The van der Waals surface area contributed by atoms with E-state index in [1.165, 1.54) is 4.88 Å². The summed E-state index contributed by atoms with van der Waals surface area (Å²) in [6, 6.07) is 13.4. The second kappa shape index (κ2) is 9.78. The van der Waals surface area contributed by atoms with E-state index in [1.54, 1.807) is 28.3 Å². The van der Waals surface area contributed by atoms with E-state index in [0.29, 0.717) is 44.2 Å². The predicted molar refractivity (Wildman–Crippen MR) is 107 cm³/mol. The SMILES string of the molecule is CCOc1ccccc1OCCCC(=O)Nc1ccnn1Cc1cccs1. The summed E-state index contributed by atoms with van der Waals surface area (Å²) in [5.41, 5.74) is 0. The molecule has 0 saturated heterocycles. The lowest BCUT2D eigenvalue weighted by molar-refractivity contribution is -0.116. The largest absolute Gasteiger partial charge is 0.490 e. The minimum Gasteiger partial charge on any atom is -0.490 e. The number of carbonyl (C=O) groups excluding carboxylic acids is 1. The molecule has 0 aliphatic carbocycles. The highest BCUT2D eigenvalue weighted by atomic mass is 32.1. The fraction of sp³-hybridized carbons (Fsp3) is 0.300. The number of thiophene rings is 1. The van der Waals surface area contributed by atoms with Crippen molar-refractivity contribution in [2.75, 3.05) is 18.5 Å². The number of anilines is 1. The summed E-state index contributed by atoms with van der Waals surface area (Å²) in [7, 11) is 0. The molecule has 0 aliphatic heterocycles. The topological polar surface area (TPSA) is 65.4 Å². The number of aromatic nitrogens is 2. The van der Waals surface area contributed by atoms with Gasteiger partial charge in [-0.15, -0.1) is 11.3 Å². The highest BCUT2D eigenvalue weighted by Gasteiger charge is 2.09. The lowest BCUT2D eigenvalue weighted by Crippen LogP contribution is -2.16. The highest BCUT2D eigenvalue weighted by Crippen LogP contribution is 2.26. The summed E-state index contributed by atoms with van der Waals surface area (Å²) in [6.45, 7) is 3.62. The Kier molecular flexibility index (Phi) is 6.87. The van der Waals surface area contributed by atoms with E-state index in [2.05, 4.69) is 16.5 Å². The van der Waals surface area contributed by atoms with E-state index in [-0.39, 0.29) is 5.91 Å². The number of hydrogen-bond donors (Lipinski definition) is 1. The fourth-order valence-corrected chi connectivity index (χ4v) is 3.27. The summed E-state index contributed by atoms with van der Waals surface area (Å²) in [5, 5.41) is 9.23. The van der Waals surface area contributed by atoms with Gasteiger partial charge in [0.05, 0.1) is 26.0 Å². The number of ether oxygens (including phenoxy) is 2. The molecule has 0 bridgehead atoms. The molecule has 142 valence electrons. The van der Waals surface area contributed by atoms with Crippen LogP contribution in [0.15, 0.2) is 54.0 Å². The summed E-state index contributed by atoms with van der Waals surface area (Å²) in [6.07, 6.45) is 2.68. The normalized spacial score (nSPS) is 10.6. The first-order valence-electron chi connectivity index (χ1n) is 8.95. The molecule has 1 amide bonds. The Hall–Kier alpha value is -2.80. The lowest BCUT2D eigenvalue weighted by Gasteiger charge is -2.11. The monoisotopic (exact) mass is 385 g/mol. The van der Waals surface area contributed by atoms with Crippen LogP contribution < -0.4 is 14.8 Å². The maximum absolute atomic E-state index is 12.2. The predicted octanol–water partition coefficient (Wildman–Crippen LogP) is 4.19. The van der Waals surface area contributed by atoms with E-state index in [0.717, 1.165) is 5.75 Å². The third-order valence-corrected chi connectivity index (χ3v) is 4.69. The Balaban J connectivity index is 1.44. The summed E-state index contributed by atoms with van der Waals surface area (Å²) < 4.78 is 13.1. The molecule has 2 aromatic heterocycles. The van der Waals surface area contributed by atoms with Gasteiger partial charge in [0.2, 0.25) is 5.91 Å². The molecule has 1 aromatic carbocycles. The van der Waals surface area contributed by atoms with E-state index in [9.17, 15) is 4.79 Å². The van der Waals surface area contributed by atoms with Crippen LogP contribution in [0.2, 0.25) is 0 Å². The Morgan fingerprint density at radius 1 is 1.15 bits per heavy atom. The number of rotatable bonds is 10. The van der Waals surface area contributed by atoms with E-state index in [1.807, 2.05) is 42.6 Å². The quantitative estimate of drug-likeness (QED) is 0.532. The average Bonchev–Trinajstić information content (AvgIpc) is 3.33. The van der Waals surface area contributed by atoms with E-state index >= 15 is 0 Å². The average molecular weight is 385 g/mol. The number of hydrogen-bond acceptors (Lipinski definition) is 5. The van der Waals surface area contributed by atoms with Crippen LogP contribution in [0.3, 0.4) is 0 Å². The first kappa shape index (κ1) is 19.0. The number of nitrogens with zero attached hydrogens (tertiary/aromatic N) is 2. The van der Waals surface area contributed by atoms with Crippen LogP contribution >= 0.6 is 11.3 Å². The van der Waals surface area contributed by atoms with Crippen molar-refractivity contribution < 1.29 is 14.3 Å². The zero-order valence-electron chi connectivity index (χ0n) is 15.3. The zero-order valence-corrected chi connectivity index (χ0v) is 16.1. The molecule has 27 heavy (non-hydrogen) atoms. The van der Waals surface area contributed by atoms with Crippen LogP contribution in [0.25, 0.3) is 0 Å². The molecule has 0 spiro atoms. The molecule has 0 fully saturated rings. The maximum atomic E-state index is 12.2. The van der Waals surface area contributed by atoms with Gasteiger partial charge in [-0.3, -0.25) is 4.79 Å². The standard InChI is InChI=1S/C20H23N3O3S/c1-2-25-17-8-3-4-9-18(17)26-13-5-10-20(24)22-19-11-12-21-23(19)15-16-7-6-14-27-16/h3-4,6-9,11-12,14H,2,5,10,13,15H2,1H3,(H,22,24). The number of benzene rings is 1. The Labute approximate surface area is 162 Å². The third-order valence-electron chi connectivity index (χ3n) is 3.82. The molecule has 0 radical (unpaired) electrons. The molecule has 0 aliphatic rings. The highest BCUT2D eigenvalue weighted by molar-refractivity contribution is 7.09. The van der Waals surface area contributed by atoms with Crippen molar-refractivity contribution in [1.82, 2.24) is 9.78 Å². The Bertz CT molecular complexity index is 846. The minimum atomic E-state index is -0.0513. The van der Waals surface area contributed by atoms with Crippen molar-refractivity contribution in [3.8, 4) is 11.5 Å². The van der Waals surface area contributed by atoms with Crippen LogP contribution in [-0.4, -0.2) is 28.9 Å². The fourth-order valence-electron chi connectivity index (χ4n) is 2.58. The molecule has 0 atom stereocenters. The van der Waals surface area contributed by atoms with Gasteiger partial charge in [0.1, 0.15) is 5.82 Å². The molecule has 0 saturated carbocycles. The van der Waals surface area contributed by atoms with Gasteiger partial charge in [0.15, 0.2) is 11.5 Å². The van der Waals surface area contributed by atoms with Crippen molar-refractivity contribution in [3.63, 3.8) is 0 Å². The van der Waals surface area contributed by atoms with Crippen molar-refractivity contribution in [3.05, 3.63) is 58.9 Å². The maximum Gasteiger partial charge on any atom is 0.225 e. The molecule has 3 rings (SSSR count). The minimum absolute atomic E-state index is 0.0513. The van der Waals surface area contributed by atoms with Gasteiger partial charge in [-0.05, 0) is 36.9 Å². The first-order chi connectivity index (χ1) is 13.3. The van der Waals surface area contributed by atoms with Gasteiger partial charge in [0, 0.05) is 17.4 Å². The van der Waals surface area contributed by atoms with Crippen molar-refractivity contribution >= 4 is 23.1 Å². The molecule has 0 unspecified atom stereocenters. The van der Waals surface area contributed by atoms with Gasteiger partial charge >= 0.3 is 0 Å². The first-order valence-corrected chi connectivity index (χ1v) is 9.83. The smallest absolute Gasteiger partial charge is 0.225 e. The molecule has 6 nitrogen and oxygen atoms in total. The summed E-state index contributed by atoms with van der Waals surface area (Å²) in [4.78, 5) is 13.4. The second-order valence-corrected chi connectivity index (χ2v) is 6.87. The summed E-state index contributed by atoms with van der Waals surface area (Å²) >= 11 is 1.67. The molecular weight excluding hydrogens is 362 g/mol. The molecule has 7 heteroatoms. The van der Waals surface area contributed by atoms with Crippen molar-refractivity contribution in [1.29, 1.82) is 0 Å². The van der Waals surface area contributed by atoms with Crippen LogP contribution in [0.5, 0.6) is 11.5 Å². The van der Waals surface area contributed by atoms with Crippen LogP contribution in [-0.2, 0) is 11.3 Å². The van der Waals surface area contributed by atoms with Gasteiger partial charge < -0.3 is 14.8 Å². The van der Waals surface area contributed by atoms with Gasteiger partial charge in [-0.2, -0.15) is 5.10 Å². The second-order valence-electron chi connectivity index (χ2n) is 5.83. The Morgan fingerprint density at radius 3 is 2.70 bits per heavy atom. The molecule has 1 N–H and O–H groups in total. The number of amides is 1. The third kappa shape index (κ3) is 5.59.